The molecule has 146 valence electrons. The van der Waals surface area contributed by atoms with Crippen molar-refractivity contribution in [1.29, 1.82) is 0 Å². The third-order valence-corrected chi connectivity index (χ3v) is 5.60. The van der Waals surface area contributed by atoms with E-state index in [1.165, 1.54) is 30.0 Å². The third kappa shape index (κ3) is 3.73. The van der Waals surface area contributed by atoms with E-state index in [2.05, 4.69) is 35.2 Å². The van der Waals surface area contributed by atoms with E-state index in [0.29, 0.717) is 22.6 Å². The van der Waals surface area contributed by atoms with Gasteiger partial charge in [0.15, 0.2) is 22.6 Å². The molecule has 0 atom stereocenters. The smallest absolute Gasteiger partial charge is 0.192 e. The van der Waals surface area contributed by atoms with Gasteiger partial charge in [-0.15, -0.1) is 25.2 Å². The van der Waals surface area contributed by atoms with Crippen molar-refractivity contribution < 1.29 is 4.39 Å². The molecule has 0 amide bonds. The van der Waals surface area contributed by atoms with Crippen LogP contribution < -0.4 is 0 Å². The fourth-order valence-electron chi connectivity index (χ4n) is 2.91. The van der Waals surface area contributed by atoms with Gasteiger partial charge >= 0.3 is 0 Å². The van der Waals surface area contributed by atoms with Crippen LogP contribution in [0.4, 0.5) is 4.39 Å². The van der Waals surface area contributed by atoms with Crippen molar-refractivity contribution in [3.63, 3.8) is 0 Å². The summed E-state index contributed by atoms with van der Waals surface area (Å²) in [5.74, 6) is 1.25. The minimum Gasteiger partial charge on any atom is -0.299 e. The van der Waals surface area contributed by atoms with E-state index >= 15 is 0 Å². The second kappa shape index (κ2) is 7.53. The van der Waals surface area contributed by atoms with Crippen molar-refractivity contribution in [2.45, 2.75) is 29.8 Å². The number of rotatable bonds is 6. The molecule has 0 aliphatic heterocycles. The van der Waals surface area contributed by atoms with Crippen LogP contribution in [-0.4, -0.2) is 40.0 Å². The van der Waals surface area contributed by atoms with Gasteiger partial charge in [-0.1, -0.05) is 23.4 Å². The maximum Gasteiger partial charge on any atom is 0.192 e. The van der Waals surface area contributed by atoms with Crippen LogP contribution in [-0.2, 0) is 5.75 Å². The summed E-state index contributed by atoms with van der Waals surface area (Å²) in [5.41, 5.74) is 1.13. The third-order valence-electron chi connectivity index (χ3n) is 4.42. The molecule has 0 saturated heterocycles. The first-order valence-electron chi connectivity index (χ1n) is 8.91. The van der Waals surface area contributed by atoms with E-state index in [-0.39, 0.29) is 5.69 Å². The SMILES string of the molecule is Fc1ccc(Cl)cc1-n1nnc(CSc2nnc(-c3ccncc3)n2C2CC2)n1. The predicted octanol–water partition coefficient (Wildman–Crippen LogP) is 3.74. The van der Waals surface area contributed by atoms with E-state index in [0.717, 1.165) is 34.2 Å². The van der Waals surface area contributed by atoms with Gasteiger partial charge in [0.25, 0.3) is 0 Å². The molecule has 4 aromatic rings. The molecule has 1 fully saturated rings. The molecule has 5 rings (SSSR count). The zero-order valence-electron chi connectivity index (χ0n) is 15.0. The zero-order chi connectivity index (χ0) is 19.8. The summed E-state index contributed by atoms with van der Waals surface area (Å²) < 4.78 is 16.2. The molecule has 8 nitrogen and oxygen atoms in total. The largest absolute Gasteiger partial charge is 0.299 e. The zero-order valence-corrected chi connectivity index (χ0v) is 16.6. The van der Waals surface area contributed by atoms with Gasteiger partial charge < -0.3 is 0 Å². The normalized spacial score (nSPS) is 13.7. The lowest BCUT2D eigenvalue weighted by atomic mass is 10.2. The number of halogens is 2. The molecule has 0 radical (unpaired) electrons. The average molecular weight is 429 g/mol. The Morgan fingerprint density at radius 2 is 1.93 bits per heavy atom. The monoisotopic (exact) mass is 428 g/mol. The van der Waals surface area contributed by atoms with Crippen molar-refractivity contribution >= 4 is 23.4 Å². The highest BCUT2D eigenvalue weighted by Gasteiger charge is 2.30. The molecular formula is C18H14ClFN8S. The first-order chi connectivity index (χ1) is 14.2. The van der Waals surface area contributed by atoms with E-state index in [1.807, 2.05) is 12.1 Å². The van der Waals surface area contributed by atoms with Crippen LogP contribution in [0.25, 0.3) is 17.1 Å². The molecule has 1 saturated carbocycles. The molecule has 0 bridgehead atoms. The van der Waals surface area contributed by atoms with Crippen LogP contribution in [0.1, 0.15) is 24.7 Å². The first kappa shape index (κ1) is 18.2. The predicted molar refractivity (Wildman–Crippen MR) is 105 cm³/mol. The second-order valence-corrected chi connectivity index (χ2v) is 7.90. The molecule has 1 aliphatic carbocycles. The lowest BCUT2D eigenvalue weighted by molar-refractivity contribution is 0.591. The fraction of sp³-hybridized carbons (Fsp3) is 0.222. The number of pyridine rings is 1. The molecule has 29 heavy (non-hydrogen) atoms. The highest BCUT2D eigenvalue weighted by atomic mass is 35.5. The summed E-state index contributed by atoms with van der Waals surface area (Å²) in [5, 5.41) is 22.1. The van der Waals surface area contributed by atoms with Crippen LogP contribution in [0.3, 0.4) is 0 Å². The van der Waals surface area contributed by atoms with Crippen molar-refractivity contribution in [2.24, 2.45) is 0 Å². The average Bonchev–Trinajstić information content (AvgIpc) is 3.31. The lowest BCUT2D eigenvalue weighted by Crippen LogP contribution is -2.02. The Morgan fingerprint density at radius 3 is 2.72 bits per heavy atom. The molecule has 1 aliphatic rings. The Morgan fingerprint density at radius 1 is 1.10 bits per heavy atom. The maximum atomic E-state index is 14.0. The Bertz CT molecular complexity index is 1160. The minimum atomic E-state index is -0.471. The maximum absolute atomic E-state index is 14.0. The van der Waals surface area contributed by atoms with Gasteiger partial charge in [-0.2, -0.15) is 0 Å². The fourth-order valence-corrected chi connectivity index (χ4v) is 3.92. The van der Waals surface area contributed by atoms with Crippen molar-refractivity contribution in [3.05, 3.63) is 59.4 Å². The van der Waals surface area contributed by atoms with Gasteiger partial charge in [0.05, 0.1) is 5.75 Å². The molecule has 11 heteroatoms. The van der Waals surface area contributed by atoms with Crippen LogP contribution in [0.2, 0.25) is 5.02 Å². The molecule has 3 heterocycles. The Kier molecular flexibility index (Phi) is 4.72. The number of nitrogens with zero attached hydrogens (tertiary/aromatic N) is 8. The highest BCUT2D eigenvalue weighted by Crippen LogP contribution is 2.41. The van der Waals surface area contributed by atoms with Gasteiger partial charge in [0.1, 0.15) is 5.69 Å². The molecule has 0 N–H and O–H groups in total. The van der Waals surface area contributed by atoms with Crippen molar-refractivity contribution in [1.82, 2.24) is 40.0 Å². The van der Waals surface area contributed by atoms with Crippen LogP contribution in [0, 0.1) is 5.82 Å². The molecule has 3 aromatic heterocycles. The van der Waals surface area contributed by atoms with Crippen LogP contribution in [0.5, 0.6) is 0 Å². The molecule has 0 spiro atoms. The number of aromatic nitrogens is 8. The van der Waals surface area contributed by atoms with Crippen LogP contribution in [0.15, 0.2) is 47.9 Å². The summed E-state index contributed by atoms with van der Waals surface area (Å²) in [6.45, 7) is 0. The van der Waals surface area contributed by atoms with Crippen LogP contribution >= 0.6 is 23.4 Å². The Hall–Kier alpha value is -2.85. The van der Waals surface area contributed by atoms with Gasteiger partial charge in [0.2, 0.25) is 0 Å². The van der Waals surface area contributed by atoms with Crippen molar-refractivity contribution in [3.8, 4) is 17.1 Å². The minimum absolute atomic E-state index is 0.155. The Balaban J connectivity index is 1.37. The van der Waals surface area contributed by atoms with E-state index in [4.69, 9.17) is 11.6 Å². The van der Waals surface area contributed by atoms with E-state index in [9.17, 15) is 4.39 Å². The standard InChI is InChI=1S/C18H14ClFN8S/c19-12-1-4-14(20)15(9-12)28-25-16(22-26-28)10-29-18-24-23-17(27(18)13-2-3-13)11-5-7-21-8-6-11/h1,4-9,13H,2-3,10H2. The second-order valence-electron chi connectivity index (χ2n) is 6.52. The molecule has 1 aromatic carbocycles. The topological polar surface area (TPSA) is 87.2 Å². The number of hydrogen-bond donors (Lipinski definition) is 0. The van der Waals surface area contributed by atoms with Gasteiger partial charge in [-0.3, -0.25) is 9.55 Å². The van der Waals surface area contributed by atoms with Crippen molar-refractivity contribution in [2.75, 3.05) is 0 Å². The summed E-state index contributed by atoms with van der Waals surface area (Å²) in [7, 11) is 0. The number of tetrazole rings is 1. The molecule has 0 unspecified atom stereocenters. The summed E-state index contributed by atoms with van der Waals surface area (Å²) in [6, 6.07) is 8.45. The van der Waals surface area contributed by atoms with Gasteiger partial charge in [-0.25, -0.2) is 4.39 Å². The summed E-state index contributed by atoms with van der Waals surface area (Å²) >= 11 is 7.41. The number of thioether (sulfide) groups is 1. The van der Waals surface area contributed by atoms with Gasteiger partial charge in [-0.05, 0) is 48.4 Å². The number of benzene rings is 1. The number of hydrogen-bond acceptors (Lipinski definition) is 7. The van der Waals surface area contributed by atoms with E-state index in [1.54, 1.807) is 12.4 Å². The molecular weight excluding hydrogens is 415 g/mol. The Labute approximate surface area is 174 Å². The van der Waals surface area contributed by atoms with E-state index < -0.39 is 5.82 Å². The quantitative estimate of drug-likeness (QED) is 0.432. The van der Waals surface area contributed by atoms with Gasteiger partial charge in [0, 0.05) is 29.0 Å². The summed E-state index contributed by atoms with van der Waals surface area (Å²) in [6.07, 6.45) is 5.69. The lowest BCUT2D eigenvalue weighted by Gasteiger charge is -2.07. The first-order valence-corrected chi connectivity index (χ1v) is 10.3. The highest BCUT2D eigenvalue weighted by molar-refractivity contribution is 7.98. The summed E-state index contributed by atoms with van der Waals surface area (Å²) in [4.78, 5) is 5.20.